The van der Waals surface area contributed by atoms with E-state index in [1.807, 2.05) is 31.1 Å². The second-order valence-electron chi connectivity index (χ2n) is 8.03. The predicted molar refractivity (Wildman–Crippen MR) is 120 cm³/mol. The van der Waals surface area contributed by atoms with Crippen LogP contribution in [0.2, 0.25) is 0 Å². The number of hydrogen-bond donors (Lipinski definition) is 2. The summed E-state index contributed by atoms with van der Waals surface area (Å²) in [6, 6.07) is 14.9. The van der Waals surface area contributed by atoms with Gasteiger partial charge in [0.05, 0.1) is 17.2 Å². The van der Waals surface area contributed by atoms with Crippen molar-refractivity contribution in [2.75, 3.05) is 27.2 Å². The first kappa shape index (κ1) is 21.5. The van der Waals surface area contributed by atoms with E-state index in [2.05, 4.69) is 0 Å². The summed E-state index contributed by atoms with van der Waals surface area (Å²) in [6.07, 6.45) is 0. The lowest BCUT2D eigenvalue weighted by molar-refractivity contribution is -0.140. The van der Waals surface area contributed by atoms with E-state index in [4.69, 9.17) is 0 Å². The zero-order valence-electron chi connectivity index (χ0n) is 17.7. The van der Waals surface area contributed by atoms with Crippen LogP contribution in [0.25, 0.3) is 16.5 Å². The molecule has 3 aromatic carbocycles. The topological polar surface area (TPSA) is 81.1 Å². The van der Waals surface area contributed by atoms with E-state index in [1.165, 1.54) is 29.2 Å². The molecule has 1 aliphatic heterocycles. The molecule has 1 atom stereocenters. The molecule has 0 unspecified atom stereocenters. The van der Waals surface area contributed by atoms with Gasteiger partial charge < -0.3 is 20.0 Å². The van der Waals surface area contributed by atoms with Gasteiger partial charge in [-0.25, -0.2) is 4.39 Å². The fourth-order valence-corrected chi connectivity index (χ4v) is 4.03. The van der Waals surface area contributed by atoms with Crippen LogP contribution < -0.4 is 0 Å². The summed E-state index contributed by atoms with van der Waals surface area (Å²) in [5.74, 6) is -2.86. The summed E-state index contributed by atoms with van der Waals surface area (Å²) in [7, 11) is 3.67. The van der Waals surface area contributed by atoms with Gasteiger partial charge in [0.25, 0.3) is 11.7 Å². The number of carbonyl (C=O) groups excluding carboxylic acids is 2. The molecule has 2 N–H and O–H groups in total. The van der Waals surface area contributed by atoms with Gasteiger partial charge in [0.2, 0.25) is 0 Å². The van der Waals surface area contributed by atoms with Crippen molar-refractivity contribution in [1.29, 1.82) is 0 Å². The lowest BCUT2D eigenvalue weighted by Gasteiger charge is -2.26. The minimum Gasteiger partial charge on any atom is -0.507 e. The maximum absolute atomic E-state index is 14.0. The van der Waals surface area contributed by atoms with Gasteiger partial charge in [-0.05, 0) is 43.2 Å². The highest BCUT2D eigenvalue weighted by Crippen LogP contribution is 2.42. The maximum Gasteiger partial charge on any atom is 0.295 e. The molecule has 0 saturated carbocycles. The highest BCUT2D eigenvalue weighted by Gasteiger charge is 2.46. The van der Waals surface area contributed by atoms with E-state index in [1.54, 1.807) is 24.3 Å². The number of nitrogens with zero attached hydrogens (tertiary/aromatic N) is 2. The Balaban J connectivity index is 1.91. The third-order valence-electron chi connectivity index (χ3n) is 5.65. The molecule has 6 nitrogen and oxygen atoms in total. The third-order valence-corrected chi connectivity index (χ3v) is 5.65. The van der Waals surface area contributed by atoms with Crippen LogP contribution in [-0.2, 0) is 9.59 Å². The third kappa shape index (κ3) is 3.71. The van der Waals surface area contributed by atoms with Gasteiger partial charge in [-0.1, -0.05) is 42.5 Å². The van der Waals surface area contributed by atoms with Gasteiger partial charge in [0, 0.05) is 18.5 Å². The Labute approximate surface area is 184 Å². The first-order valence-electron chi connectivity index (χ1n) is 10.2. The average Bonchev–Trinajstić information content (AvgIpc) is 3.02. The molecule has 164 valence electrons. The number of benzene rings is 3. The molecule has 32 heavy (non-hydrogen) atoms. The summed E-state index contributed by atoms with van der Waals surface area (Å²) in [6.45, 7) is 0.680. The molecule has 1 aliphatic rings. The van der Waals surface area contributed by atoms with E-state index >= 15 is 0 Å². The number of aliphatic hydroxyl groups is 1. The van der Waals surface area contributed by atoms with Crippen molar-refractivity contribution in [1.82, 2.24) is 9.80 Å². The van der Waals surface area contributed by atoms with Crippen molar-refractivity contribution in [3.63, 3.8) is 0 Å². The fourth-order valence-electron chi connectivity index (χ4n) is 4.03. The molecule has 4 rings (SSSR count). The Hall–Kier alpha value is -3.71. The number of halogens is 1. The Morgan fingerprint density at radius 3 is 2.53 bits per heavy atom. The van der Waals surface area contributed by atoms with Crippen molar-refractivity contribution in [3.8, 4) is 5.75 Å². The standard InChI is InChI=1S/C25H23FN2O4/c1-27(2)12-13-28-21(16-7-5-8-17(26)14-16)20(24(31)25(28)32)23(30)19-11-10-15-6-3-4-9-18(15)22(19)29/h3-11,14,21,29-30H,12-13H2,1-2H3/t21-/m0/s1. The number of aliphatic hydroxyl groups excluding tert-OH is 1. The molecule has 0 bridgehead atoms. The molecule has 0 radical (unpaired) electrons. The van der Waals surface area contributed by atoms with Gasteiger partial charge in [-0.15, -0.1) is 0 Å². The first-order chi connectivity index (χ1) is 15.3. The number of rotatable bonds is 5. The number of likely N-dealkylation sites (tertiary alicyclic amines) is 1. The summed E-state index contributed by atoms with van der Waals surface area (Å²) >= 11 is 0. The van der Waals surface area contributed by atoms with E-state index in [0.29, 0.717) is 17.5 Å². The Morgan fingerprint density at radius 2 is 1.81 bits per heavy atom. The van der Waals surface area contributed by atoms with Crippen LogP contribution >= 0.6 is 0 Å². The summed E-state index contributed by atoms with van der Waals surface area (Å²) in [4.78, 5) is 29.1. The minimum absolute atomic E-state index is 0.0377. The second kappa shape index (κ2) is 8.43. The SMILES string of the molecule is CN(C)CCN1C(=O)C(=O)C(=C(O)c2ccc3ccccc3c2O)[C@@H]1c1cccc(F)c1. The molecule has 7 heteroatoms. The number of amides is 1. The fraction of sp³-hybridized carbons (Fsp3) is 0.200. The number of ketones is 1. The van der Waals surface area contributed by atoms with E-state index < -0.39 is 29.3 Å². The Kier molecular flexibility index (Phi) is 5.67. The van der Waals surface area contributed by atoms with E-state index in [0.717, 1.165) is 5.39 Å². The van der Waals surface area contributed by atoms with Crippen LogP contribution in [-0.4, -0.2) is 58.9 Å². The molecular formula is C25H23FN2O4. The number of aromatic hydroxyl groups is 1. The molecule has 1 heterocycles. The summed E-state index contributed by atoms with van der Waals surface area (Å²) in [5.41, 5.74) is 0.227. The zero-order valence-corrected chi connectivity index (χ0v) is 17.7. The predicted octanol–water partition coefficient (Wildman–Crippen LogP) is 3.67. The zero-order chi connectivity index (χ0) is 23.0. The quantitative estimate of drug-likeness (QED) is 0.364. The monoisotopic (exact) mass is 434 g/mol. The van der Waals surface area contributed by atoms with Gasteiger partial charge in [0.1, 0.15) is 17.3 Å². The number of fused-ring (bicyclic) bond motifs is 1. The number of phenols is 1. The van der Waals surface area contributed by atoms with Gasteiger partial charge >= 0.3 is 0 Å². The molecule has 1 fully saturated rings. The molecular weight excluding hydrogens is 411 g/mol. The van der Waals surface area contributed by atoms with Gasteiger partial charge in [-0.2, -0.15) is 0 Å². The minimum atomic E-state index is -0.975. The number of hydrogen-bond acceptors (Lipinski definition) is 5. The average molecular weight is 434 g/mol. The smallest absolute Gasteiger partial charge is 0.295 e. The van der Waals surface area contributed by atoms with Crippen LogP contribution in [0.3, 0.4) is 0 Å². The lowest BCUT2D eigenvalue weighted by atomic mass is 9.94. The Bertz CT molecular complexity index is 1250. The number of likely N-dealkylation sites (N-methyl/N-ethyl adjacent to an activating group) is 1. The van der Waals surface area contributed by atoms with Crippen molar-refractivity contribution in [2.24, 2.45) is 0 Å². The maximum atomic E-state index is 14.0. The first-order valence-corrected chi connectivity index (χ1v) is 10.2. The molecule has 3 aromatic rings. The molecule has 1 amide bonds. The van der Waals surface area contributed by atoms with Crippen LogP contribution in [0.15, 0.2) is 66.2 Å². The number of phenolic OH excluding ortho intramolecular Hbond substituents is 1. The van der Waals surface area contributed by atoms with Crippen molar-refractivity contribution in [3.05, 3.63) is 83.2 Å². The highest BCUT2D eigenvalue weighted by atomic mass is 19.1. The van der Waals surface area contributed by atoms with Crippen molar-refractivity contribution >= 4 is 28.2 Å². The van der Waals surface area contributed by atoms with Crippen molar-refractivity contribution < 1.29 is 24.2 Å². The molecule has 0 spiro atoms. The van der Waals surface area contributed by atoms with E-state index in [-0.39, 0.29) is 23.4 Å². The van der Waals surface area contributed by atoms with Gasteiger partial charge in [0.15, 0.2) is 0 Å². The van der Waals surface area contributed by atoms with Gasteiger partial charge in [-0.3, -0.25) is 9.59 Å². The summed E-state index contributed by atoms with van der Waals surface area (Å²) in [5, 5.41) is 23.2. The molecule has 0 aromatic heterocycles. The number of Topliss-reactive ketones (excluding diaryl/α,β-unsaturated/α-hetero) is 1. The lowest BCUT2D eigenvalue weighted by Crippen LogP contribution is -2.35. The highest BCUT2D eigenvalue weighted by molar-refractivity contribution is 6.46. The van der Waals surface area contributed by atoms with Crippen LogP contribution in [0.4, 0.5) is 4.39 Å². The van der Waals surface area contributed by atoms with Crippen LogP contribution in [0, 0.1) is 5.82 Å². The van der Waals surface area contributed by atoms with Crippen LogP contribution in [0.5, 0.6) is 5.75 Å². The summed E-state index contributed by atoms with van der Waals surface area (Å²) < 4.78 is 14.0. The van der Waals surface area contributed by atoms with Crippen molar-refractivity contribution in [2.45, 2.75) is 6.04 Å². The normalized spacial score (nSPS) is 18.1. The molecule has 1 saturated heterocycles. The largest absolute Gasteiger partial charge is 0.507 e. The second-order valence-corrected chi connectivity index (χ2v) is 8.03. The van der Waals surface area contributed by atoms with E-state index in [9.17, 15) is 24.2 Å². The number of carbonyl (C=O) groups is 2. The Morgan fingerprint density at radius 1 is 1.06 bits per heavy atom. The molecule has 0 aliphatic carbocycles. The van der Waals surface area contributed by atoms with Crippen LogP contribution in [0.1, 0.15) is 17.2 Å².